The molecule has 6 nitrogen and oxygen atoms in total. The summed E-state index contributed by atoms with van der Waals surface area (Å²) in [4.78, 5) is 21.1. The number of aryl methyl sites for hydroxylation is 1. The van der Waals surface area contributed by atoms with Gasteiger partial charge >= 0.3 is 0 Å². The Balaban J connectivity index is 1.66. The van der Waals surface area contributed by atoms with Crippen molar-refractivity contribution >= 4 is 27.5 Å². The minimum Gasteiger partial charge on any atom is -0.349 e. The first kappa shape index (κ1) is 16.7. The molecule has 0 aliphatic carbocycles. The summed E-state index contributed by atoms with van der Waals surface area (Å²) >= 11 is 3.48. The van der Waals surface area contributed by atoms with Gasteiger partial charge in [-0.2, -0.15) is 0 Å². The van der Waals surface area contributed by atoms with E-state index in [-0.39, 0.29) is 18.4 Å². The van der Waals surface area contributed by atoms with E-state index in [0.29, 0.717) is 6.54 Å². The standard InChI is InChI=1S/C17H20BrN5O/c1-11(2)16-19-4-5-22(16)10-15(24)20-7-14-9-23-8-13(18)6-12(3)17(23)21-14/h4-6,8-9,11H,7,10H2,1-3H3,(H,20,24). The molecule has 0 atom stereocenters. The maximum atomic E-state index is 12.2. The van der Waals surface area contributed by atoms with Crippen LogP contribution in [-0.2, 0) is 17.9 Å². The van der Waals surface area contributed by atoms with E-state index in [1.807, 2.05) is 40.5 Å². The number of halogens is 1. The third-order valence-electron chi connectivity index (χ3n) is 3.80. The Kier molecular flexibility index (Phi) is 4.71. The molecule has 0 bridgehead atoms. The number of pyridine rings is 1. The van der Waals surface area contributed by atoms with E-state index >= 15 is 0 Å². The highest BCUT2D eigenvalue weighted by Crippen LogP contribution is 2.17. The maximum absolute atomic E-state index is 12.2. The van der Waals surface area contributed by atoms with Crippen molar-refractivity contribution in [2.75, 3.05) is 0 Å². The number of amides is 1. The predicted molar refractivity (Wildman–Crippen MR) is 95.8 cm³/mol. The van der Waals surface area contributed by atoms with Crippen molar-refractivity contribution in [3.63, 3.8) is 0 Å². The zero-order valence-corrected chi connectivity index (χ0v) is 15.5. The van der Waals surface area contributed by atoms with E-state index in [0.717, 1.165) is 27.2 Å². The van der Waals surface area contributed by atoms with Crippen molar-refractivity contribution in [1.29, 1.82) is 0 Å². The van der Waals surface area contributed by atoms with Gasteiger partial charge < -0.3 is 14.3 Å². The number of carbonyl (C=O) groups is 1. The highest BCUT2D eigenvalue weighted by atomic mass is 79.9. The Bertz CT molecular complexity index is 880. The highest BCUT2D eigenvalue weighted by molar-refractivity contribution is 9.10. The summed E-state index contributed by atoms with van der Waals surface area (Å²) in [6.07, 6.45) is 7.46. The second kappa shape index (κ2) is 6.76. The normalized spacial score (nSPS) is 11.4. The number of imidazole rings is 2. The summed E-state index contributed by atoms with van der Waals surface area (Å²) in [5.41, 5.74) is 2.82. The molecule has 3 aromatic heterocycles. The molecule has 3 heterocycles. The van der Waals surface area contributed by atoms with Crippen molar-refractivity contribution in [3.8, 4) is 0 Å². The lowest BCUT2D eigenvalue weighted by atomic mass is 10.2. The molecule has 0 unspecified atom stereocenters. The summed E-state index contributed by atoms with van der Waals surface area (Å²) in [5.74, 6) is 1.15. The van der Waals surface area contributed by atoms with E-state index in [2.05, 4.69) is 45.1 Å². The Morgan fingerprint density at radius 3 is 2.92 bits per heavy atom. The number of fused-ring (bicyclic) bond motifs is 1. The van der Waals surface area contributed by atoms with Crippen molar-refractivity contribution in [2.45, 2.75) is 39.8 Å². The van der Waals surface area contributed by atoms with Gasteiger partial charge in [-0.3, -0.25) is 4.79 Å². The first-order valence-corrected chi connectivity index (χ1v) is 8.65. The quantitative estimate of drug-likeness (QED) is 0.729. The molecule has 0 aliphatic heterocycles. The average Bonchev–Trinajstić information content (AvgIpc) is 3.11. The second-order valence-electron chi connectivity index (χ2n) is 6.15. The van der Waals surface area contributed by atoms with Crippen LogP contribution in [0, 0.1) is 6.92 Å². The van der Waals surface area contributed by atoms with Crippen LogP contribution in [-0.4, -0.2) is 24.8 Å². The number of carbonyl (C=O) groups excluding carboxylic acids is 1. The summed E-state index contributed by atoms with van der Waals surface area (Å²) in [7, 11) is 0. The van der Waals surface area contributed by atoms with Crippen molar-refractivity contribution in [2.24, 2.45) is 0 Å². The Morgan fingerprint density at radius 1 is 1.38 bits per heavy atom. The lowest BCUT2D eigenvalue weighted by Gasteiger charge is -2.10. The first-order chi connectivity index (χ1) is 11.4. The van der Waals surface area contributed by atoms with E-state index < -0.39 is 0 Å². The van der Waals surface area contributed by atoms with Crippen LogP contribution in [0.4, 0.5) is 0 Å². The van der Waals surface area contributed by atoms with Gasteiger partial charge in [0.15, 0.2) is 0 Å². The van der Waals surface area contributed by atoms with Crippen LogP contribution in [0.2, 0.25) is 0 Å². The number of rotatable bonds is 5. The number of aromatic nitrogens is 4. The third kappa shape index (κ3) is 3.51. The van der Waals surface area contributed by atoms with Crippen LogP contribution >= 0.6 is 15.9 Å². The van der Waals surface area contributed by atoms with Gasteiger partial charge in [-0.05, 0) is 34.5 Å². The molecule has 1 amide bonds. The van der Waals surface area contributed by atoms with Gasteiger partial charge in [0.05, 0.1) is 12.2 Å². The lowest BCUT2D eigenvalue weighted by molar-refractivity contribution is -0.121. The fourth-order valence-electron chi connectivity index (χ4n) is 2.72. The van der Waals surface area contributed by atoms with Crippen LogP contribution in [0.25, 0.3) is 5.65 Å². The molecule has 126 valence electrons. The van der Waals surface area contributed by atoms with E-state index in [9.17, 15) is 4.79 Å². The van der Waals surface area contributed by atoms with Crippen LogP contribution < -0.4 is 5.32 Å². The zero-order valence-electron chi connectivity index (χ0n) is 14.0. The van der Waals surface area contributed by atoms with Gasteiger partial charge in [0.25, 0.3) is 0 Å². The SMILES string of the molecule is Cc1cc(Br)cn2cc(CNC(=O)Cn3ccnc3C(C)C)nc12. The van der Waals surface area contributed by atoms with E-state index in [1.54, 1.807) is 6.20 Å². The largest absolute Gasteiger partial charge is 0.349 e. The predicted octanol–water partition coefficient (Wildman–Crippen LogP) is 3.04. The van der Waals surface area contributed by atoms with Gasteiger partial charge in [0, 0.05) is 35.2 Å². The molecular formula is C17H20BrN5O. The van der Waals surface area contributed by atoms with Crippen LogP contribution in [0.5, 0.6) is 0 Å². The fourth-order valence-corrected chi connectivity index (χ4v) is 3.28. The smallest absolute Gasteiger partial charge is 0.240 e. The van der Waals surface area contributed by atoms with Crippen LogP contribution in [0.15, 0.2) is 35.3 Å². The van der Waals surface area contributed by atoms with Crippen LogP contribution in [0.1, 0.15) is 36.8 Å². The van der Waals surface area contributed by atoms with Crippen LogP contribution in [0.3, 0.4) is 0 Å². The van der Waals surface area contributed by atoms with Gasteiger partial charge in [0.1, 0.15) is 18.0 Å². The van der Waals surface area contributed by atoms with Crippen molar-refractivity contribution in [3.05, 3.63) is 52.4 Å². The van der Waals surface area contributed by atoms with E-state index in [1.165, 1.54) is 0 Å². The zero-order chi connectivity index (χ0) is 17.3. The Labute approximate surface area is 149 Å². The molecule has 0 radical (unpaired) electrons. The number of nitrogens with one attached hydrogen (secondary N) is 1. The molecule has 0 saturated carbocycles. The molecule has 7 heteroatoms. The molecule has 0 aromatic carbocycles. The topological polar surface area (TPSA) is 64.2 Å². The minimum absolute atomic E-state index is 0.0511. The summed E-state index contributed by atoms with van der Waals surface area (Å²) in [6, 6.07) is 2.02. The summed E-state index contributed by atoms with van der Waals surface area (Å²) < 4.78 is 4.85. The summed E-state index contributed by atoms with van der Waals surface area (Å²) in [6.45, 7) is 6.82. The molecule has 0 fully saturated rings. The monoisotopic (exact) mass is 389 g/mol. The van der Waals surface area contributed by atoms with Crippen molar-refractivity contribution in [1.82, 2.24) is 24.3 Å². The number of hydrogen-bond donors (Lipinski definition) is 1. The minimum atomic E-state index is -0.0511. The van der Waals surface area contributed by atoms with Gasteiger partial charge in [-0.1, -0.05) is 13.8 Å². The molecular weight excluding hydrogens is 370 g/mol. The van der Waals surface area contributed by atoms with Gasteiger partial charge in [-0.15, -0.1) is 0 Å². The average molecular weight is 390 g/mol. The molecule has 0 saturated heterocycles. The number of hydrogen-bond acceptors (Lipinski definition) is 3. The maximum Gasteiger partial charge on any atom is 0.240 e. The van der Waals surface area contributed by atoms with Gasteiger partial charge in [0.2, 0.25) is 5.91 Å². The summed E-state index contributed by atoms with van der Waals surface area (Å²) in [5, 5.41) is 2.92. The van der Waals surface area contributed by atoms with E-state index in [4.69, 9.17) is 0 Å². The Morgan fingerprint density at radius 2 is 2.17 bits per heavy atom. The second-order valence-corrected chi connectivity index (χ2v) is 7.06. The third-order valence-corrected chi connectivity index (χ3v) is 4.23. The molecule has 3 aromatic rings. The highest BCUT2D eigenvalue weighted by Gasteiger charge is 2.11. The van der Waals surface area contributed by atoms with Gasteiger partial charge in [-0.25, -0.2) is 9.97 Å². The molecule has 0 spiro atoms. The molecule has 24 heavy (non-hydrogen) atoms. The first-order valence-electron chi connectivity index (χ1n) is 7.85. The fraction of sp³-hybridized carbons (Fsp3) is 0.353. The van der Waals surface area contributed by atoms with Crippen molar-refractivity contribution < 1.29 is 4.79 Å². The lowest BCUT2D eigenvalue weighted by Crippen LogP contribution is -2.27. The molecule has 0 aliphatic rings. The Hall–Kier alpha value is -2.15. The number of nitrogens with zero attached hydrogens (tertiary/aromatic N) is 4. The molecule has 1 N–H and O–H groups in total. The molecule has 3 rings (SSSR count).